The van der Waals surface area contributed by atoms with E-state index >= 15 is 0 Å². The van der Waals surface area contributed by atoms with Crippen LogP contribution in [0.3, 0.4) is 0 Å². The van der Waals surface area contributed by atoms with Crippen LogP contribution in [0.4, 0.5) is 5.69 Å². The maximum atomic E-state index is 11.3. The quantitative estimate of drug-likeness (QED) is 0.685. The second kappa shape index (κ2) is 6.93. The van der Waals surface area contributed by atoms with Gasteiger partial charge in [-0.15, -0.1) is 0 Å². The maximum Gasteiger partial charge on any atom is 0.221 e. The van der Waals surface area contributed by atoms with Crippen molar-refractivity contribution in [1.82, 2.24) is 9.97 Å². The molecule has 2 aromatic heterocycles. The van der Waals surface area contributed by atoms with Gasteiger partial charge in [-0.2, -0.15) is 0 Å². The number of H-pyrrole nitrogens is 1. The van der Waals surface area contributed by atoms with Crippen LogP contribution in [0.2, 0.25) is 5.15 Å². The van der Waals surface area contributed by atoms with Gasteiger partial charge in [0.15, 0.2) is 0 Å². The molecule has 0 aliphatic rings. The molecule has 3 aromatic rings. The van der Waals surface area contributed by atoms with E-state index in [1.807, 2.05) is 25.1 Å². The third-order valence-corrected chi connectivity index (χ3v) is 4.10. The van der Waals surface area contributed by atoms with Crippen molar-refractivity contribution in [1.29, 1.82) is 0 Å². The van der Waals surface area contributed by atoms with Crippen molar-refractivity contribution in [2.24, 2.45) is 0 Å². The summed E-state index contributed by atoms with van der Waals surface area (Å²) in [6, 6.07) is 7.99. The Labute approximate surface area is 145 Å². The first-order valence-electron chi connectivity index (χ1n) is 7.65. The number of carbonyl (C=O) groups excluding carboxylic acids is 1. The molecule has 0 aliphatic heterocycles. The fourth-order valence-electron chi connectivity index (χ4n) is 2.51. The van der Waals surface area contributed by atoms with Crippen LogP contribution >= 0.6 is 11.6 Å². The molecular formula is C18H18ClN3O2. The number of ether oxygens (including phenoxy) is 1. The Balaban J connectivity index is 1.68. The fourth-order valence-corrected chi connectivity index (χ4v) is 2.62. The van der Waals surface area contributed by atoms with Gasteiger partial charge in [-0.25, -0.2) is 4.98 Å². The molecule has 0 spiro atoms. The predicted octanol–water partition coefficient (Wildman–Crippen LogP) is 4.10. The van der Waals surface area contributed by atoms with E-state index in [-0.39, 0.29) is 5.91 Å². The number of hydrogen-bond donors (Lipinski definition) is 2. The molecular weight excluding hydrogens is 326 g/mol. The van der Waals surface area contributed by atoms with E-state index in [2.05, 4.69) is 21.4 Å². The van der Waals surface area contributed by atoms with Gasteiger partial charge in [-0.05, 0) is 36.2 Å². The first kappa shape index (κ1) is 16.3. The van der Waals surface area contributed by atoms with E-state index in [9.17, 15) is 4.79 Å². The summed E-state index contributed by atoms with van der Waals surface area (Å²) in [7, 11) is 0. The minimum atomic E-state index is -0.0877. The number of halogens is 1. The Bertz CT molecular complexity index is 889. The highest BCUT2D eigenvalue weighted by Gasteiger charge is 2.06. The van der Waals surface area contributed by atoms with E-state index in [0.29, 0.717) is 17.5 Å². The third kappa shape index (κ3) is 3.68. The summed E-state index contributed by atoms with van der Waals surface area (Å²) in [6.45, 7) is 3.93. The van der Waals surface area contributed by atoms with E-state index < -0.39 is 0 Å². The van der Waals surface area contributed by atoms with Gasteiger partial charge in [0.1, 0.15) is 10.9 Å². The lowest BCUT2D eigenvalue weighted by molar-refractivity contribution is -0.114. The molecule has 0 aliphatic carbocycles. The highest BCUT2D eigenvalue weighted by Crippen LogP contribution is 2.25. The van der Waals surface area contributed by atoms with Crippen LogP contribution in [0, 0.1) is 6.92 Å². The van der Waals surface area contributed by atoms with Crippen molar-refractivity contribution in [3.8, 4) is 5.75 Å². The molecule has 0 saturated heterocycles. The molecule has 0 bridgehead atoms. The van der Waals surface area contributed by atoms with E-state index in [1.165, 1.54) is 6.92 Å². The number of rotatable bonds is 5. The normalized spacial score (nSPS) is 10.8. The molecule has 5 nitrogen and oxygen atoms in total. The Morgan fingerprint density at radius 2 is 2.21 bits per heavy atom. The number of nitrogens with one attached hydrogen (secondary N) is 2. The number of aromatic amines is 1. The fraction of sp³-hybridized carbons (Fsp3) is 0.222. The Morgan fingerprint density at radius 1 is 1.38 bits per heavy atom. The highest BCUT2D eigenvalue weighted by atomic mass is 35.5. The molecule has 0 atom stereocenters. The first-order chi connectivity index (χ1) is 11.5. The van der Waals surface area contributed by atoms with Gasteiger partial charge in [-0.1, -0.05) is 17.7 Å². The Hall–Kier alpha value is -2.53. The smallest absolute Gasteiger partial charge is 0.221 e. The molecule has 0 radical (unpaired) electrons. The average molecular weight is 344 g/mol. The first-order valence-corrected chi connectivity index (χ1v) is 8.03. The van der Waals surface area contributed by atoms with Gasteiger partial charge in [0.05, 0.1) is 18.5 Å². The SMILES string of the molecule is CC(=O)Nc1c[nH]c2ccc(CCOc3cnc(Cl)c(C)c3)cc12. The number of benzene rings is 1. The van der Waals surface area contributed by atoms with Crippen molar-refractivity contribution in [2.75, 3.05) is 11.9 Å². The van der Waals surface area contributed by atoms with Crippen LogP contribution in [0.5, 0.6) is 5.75 Å². The van der Waals surface area contributed by atoms with Gasteiger partial charge in [0.25, 0.3) is 0 Å². The summed E-state index contributed by atoms with van der Waals surface area (Å²) in [4.78, 5) is 18.5. The van der Waals surface area contributed by atoms with Crippen molar-refractivity contribution < 1.29 is 9.53 Å². The zero-order valence-electron chi connectivity index (χ0n) is 13.5. The molecule has 0 saturated carbocycles. The number of carbonyl (C=O) groups is 1. The summed E-state index contributed by atoms with van der Waals surface area (Å²) in [6.07, 6.45) is 4.18. The molecule has 1 aromatic carbocycles. The second-order valence-corrected chi connectivity index (χ2v) is 6.00. The number of pyridine rings is 1. The van der Waals surface area contributed by atoms with E-state index in [1.54, 1.807) is 12.4 Å². The zero-order chi connectivity index (χ0) is 17.1. The van der Waals surface area contributed by atoms with Gasteiger partial charge < -0.3 is 15.0 Å². The largest absolute Gasteiger partial charge is 0.492 e. The molecule has 0 fully saturated rings. The number of amides is 1. The maximum absolute atomic E-state index is 11.3. The molecule has 3 rings (SSSR count). The zero-order valence-corrected chi connectivity index (χ0v) is 14.3. The molecule has 2 heterocycles. The topological polar surface area (TPSA) is 67.0 Å². The lowest BCUT2D eigenvalue weighted by Crippen LogP contribution is -2.05. The third-order valence-electron chi connectivity index (χ3n) is 3.71. The van der Waals surface area contributed by atoms with Crippen LogP contribution in [0.25, 0.3) is 10.9 Å². The highest BCUT2D eigenvalue weighted by molar-refractivity contribution is 6.30. The Morgan fingerprint density at radius 3 is 2.96 bits per heavy atom. The lowest BCUT2D eigenvalue weighted by atomic mass is 10.1. The minimum absolute atomic E-state index is 0.0877. The second-order valence-electron chi connectivity index (χ2n) is 5.64. The number of anilines is 1. The summed E-state index contributed by atoms with van der Waals surface area (Å²) in [5.74, 6) is 0.619. The molecule has 6 heteroatoms. The standard InChI is InChI=1S/C18H18ClN3O2/c1-11-7-14(9-21-18(11)19)24-6-5-13-3-4-16-15(8-13)17(10-20-16)22-12(2)23/h3-4,7-10,20H,5-6H2,1-2H3,(H,22,23). The molecule has 2 N–H and O–H groups in total. The van der Waals surface area contributed by atoms with Crippen LogP contribution < -0.4 is 10.1 Å². The molecule has 0 unspecified atom stereocenters. The summed E-state index contributed by atoms with van der Waals surface area (Å²) in [5, 5.41) is 4.31. The van der Waals surface area contributed by atoms with E-state index in [0.717, 1.165) is 34.1 Å². The van der Waals surface area contributed by atoms with Crippen molar-refractivity contribution in [2.45, 2.75) is 20.3 Å². The number of nitrogens with zero attached hydrogens (tertiary/aromatic N) is 1. The number of fused-ring (bicyclic) bond motifs is 1. The van der Waals surface area contributed by atoms with Crippen molar-refractivity contribution in [3.63, 3.8) is 0 Å². The minimum Gasteiger partial charge on any atom is -0.492 e. The number of aromatic nitrogens is 2. The lowest BCUT2D eigenvalue weighted by Gasteiger charge is -2.08. The van der Waals surface area contributed by atoms with Crippen LogP contribution in [0.1, 0.15) is 18.1 Å². The monoisotopic (exact) mass is 343 g/mol. The van der Waals surface area contributed by atoms with Gasteiger partial charge in [-0.3, -0.25) is 4.79 Å². The molecule has 24 heavy (non-hydrogen) atoms. The summed E-state index contributed by atoms with van der Waals surface area (Å²) in [5.41, 5.74) is 3.80. The van der Waals surface area contributed by atoms with Gasteiger partial charge in [0.2, 0.25) is 5.91 Å². The average Bonchev–Trinajstić information content (AvgIpc) is 2.93. The van der Waals surface area contributed by atoms with Crippen LogP contribution in [-0.2, 0) is 11.2 Å². The van der Waals surface area contributed by atoms with Crippen LogP contribution in [-0.4, -0.2) is 22.5 Å². The number of aryl methyl sites for hydroxylation is 1. The van der Waals surface area contributed by atoms with Crippen LogP contribution in [0.15, 0.2) is 36.7 Å². The van der Waals surface area contributed by atoms with Gasteiger partial charge in [0, 0.05) is 30.4 Å². The number of hydrogen-bond acceptors (Lipinski definition) is 3. The van der Waals surface area contributed by atoms with Gasteiger partial charge >= 0.3 is 0 Å². The van der Waals surface area contributed by atoms with E-state index in [4.69, 9.17) is 16.3 Å². The predicted molar refractivity (Wildman–Crippen MR) is 95.8 cm³/mol. The summed E-state index contributed by atoms with van der Waals surface area (Å²) >= 11 is 5.91. The Kier molecular flexibility index (Phi) is 4.71. The van der Waals surface area contributed by atoms with Crippen molar-refractivity contribution >= 4 is 34.1 Å². The molecule has 124 valence electrons. The van der Waals surface area contributed by atoms with Crippen molar-refractivity contribution in [3.05, 3.63) is 52.9 Å². The molecule has 1 amide bonds. The summed E-state index contributed by atoms with van der Waals surface area (Å²) < 4.78 is 5.74.